The minimum Gasteiger partial charge on any atom is -0.497 e. The minimum absolute atomic E-state index is 0.0237. The molecular weight excluding hydrogens is 975 g/mol. The Labute approximate surface area is 428 Å². The van der Waals surface area contributed by atoms with Gasteiger partial charge in [-0.15, -0.1) is 0 Å². The number of carboxylic acid groups (broad SMARTS) is 1. The molecule has 8 atom stereocenters. The first-order chi connectivity index (χ1) is 34.4. The number of carboxylic acids is 1. The van der Waals surface area contributed by atoms with Gasteiger partial charge in [0.25, 0.3) is 5.97 Å². The monoisotopic (exact) mass is 1050 g/mol. The van der Waals surface area contributed by atoms with E-state index in [-0.39, 0.29) is 62.5 Å². The van der Waals surface area contributed by atoms with Crippen LogP contribution in [-0.4, -0.2) is 155 Å². The number of nitrogens with one attached hydrogen (secondary N) is 7. The maximum Gasteiger partial charge on any atom is 0.300 e. The van der Waals surface area contributed by atoms with Gasteiger partial charge in [0.2, 0.25) is 65.0 Å². The number of aliphatic carboxylic acids is 1. The van der Waals surface area contributed by atoms with E-state index in [1.165, 1.54) is 23.8 Å². The molecule has 1 aromatic carbocycles. The van der Waals surface area contributed by atoms with Crippen LogP contribution < -0.4 is 59.2 Å². The lowest BCUT2D eigenvalue weighted by molar-refractivity contribution is -0.142. The average Bonchev–Trinajstić information content (AvgIpc) is 3.82. The number of carbonyl (C=O) groups is 12. The van der Waals surface area contributed by atoms with Crippen molar-refractivity contribution in [2.75, 3.05) is 31.7 Å². The Kier molecular flexibility index (Phi) is 26.8. The molecule has 11 amide bonds. The molecule has 2 fully saturated rings. The van der Waals surface area contributed by atoms with Crippen LogP contribution in [0.15, 0.2) is 24.3 Å². The number of likely N-dealkylation sites (tertiary alicyclic amines) is 1. The lowest BCUT2D eigenvalue weighted by atomic mass is 9.96. The minimum atomic E-state index is -1.71. The highest BCUT2D eigenvalue weighted by molar-refractivity contribution is 7.99. The molecule has 406 valence electrons. The molecule has 0 saturated carbocycles. The molecule has 0 aromatic heterocycles. The number of nitrogens with two attached hydrogens (primary N) is 3. The summed E-state index contributed by atoms with van der Waals surface area (Å²) < 4.78 is 5.25. The summed E-state index contributed by atoms with van der Waals surface area (Å²) in [6.07, 6.45) is -0.176. The molecule has 26 heteroatoms. The van der Waals surface area contributed by atoms with Crippen LogP contribution in [0, 0.1) is 11.8 Å². The van der Waals surface area contributed by atoms with E-state index < -0.39 is 139 Å². The second-order valence-corrected chi connectivity index (χ2v) is 19.3. The zero-order valence-corrected chi connectivity index (χ0v) is 43.1. The Morgan fingerprint density at radius 3 is 2.01 bits per heavy atom. The second kappa shape index (κ2) is 31.5. The smallest absolute Gasteiger partial charge is 0.300 e. The fraction of sp³-hybridized carbons (Fsp3) is 0.617. The van der Waals surface area contributed by atoms with Crippen LogP contribution in [0.3, 0.4) is 0 Å². The molecule has 0 radical (unpaired) electrons. The molecule has 2 saturated heterocycles. The molecule has 2 aliphatic rings. The topological polar surface area (TPSA) is 400 Å². The van der Waals surface area contributed by atoms with Gasteiger partial charge < -0.3 is 69.2 Å². The standard InChI is InChI=1S/C45H69N11O12S.C2H4O2/c1-6-25(4)38-44(66)51-28(15-16-34(46)57)40(62)52-31(21-35(47)58)41(63)54-32(23-69-18-8-10-37(60)50-30(42(64)55-38)20-26-11-13-27(68-5)14-12-26)45(67)56-17-7-9-33(56)43(65)53-29(19-24(2)3)39(61)49-22-36(48)59;1-2(3)4/h11-14,24-25,28-33,38H,6-10,15-23H2,1-5H3,(H2,46,57)(H2,47,58)(H2,48,59)(H,49,61)(H,50,60)(H,51,66)(H,52,62)(H,53,65)(H,54,63)(H,55,64);1H3,(H,3,4). The van der Waals surface area contributed by atoms with Gasteiger partial charge in [-0.05, 0) is 67.4 Å². The highest BCUT2D eigenvalue weighted by atomic mass is 32.2. The maximum atomic E-state index is 14.5. The van der Waals surface area contributed by atoms with Gasteiger partial charge in [0, 0.05) is 38.5 Å². The zero-order chi connectivity index (χ0) is 54.9. The Morgan fingerprint density at radius 1 is 0.822 bits per heavy atom. The van der Waals surface area contributed by atoms with E-state index in [1.54, 1.807) is 38.1 Å². The fourth-order valence-electron chi connectivity index (χ4n) is 7.68. The zero-order valence-electron chi connectivity index (χ0n) is 42.2. The molecule has 0 spiro atoms. The number of hydrogen-bond acceptors (Lipinski definition) is 14. The summed E-state index contributed by atoms with van der Waals surface area (Å²) in [6, 6.07) is -2.40. The number of hydrogen-bond donors (Lipinski definition) is 11. The predicted molar refractivity (Wildman–Crippen MR) is 266 cm³/mol. The Hall–Kier alpha value is -6.99. The Balaban J connectivity index is 0.00000439. The molecule has 73 heavy (non-hydrogen) atoms. The number of methoxy groups -OCH3 is 1. The van der Waals surface area contributed by atoms with Crippen LogP contribution in [0.2, 0.25) is 0 Å². The van der Waals surface area contributed by atoms with Crippen molar-refractivity contribution in [1.29, 1.82) is 0 Å². The molecule has 3 rings (SSSR count). The van der Waals surface area contributed by atoms with Crippen LogP contribution in [0.25, 0.3) is 0 Å². The summed E-state index contributed by atoms with van der Waals surface area (Å²) >= 11 is 1.18. The predicted octanol–water partition coefficient (Wildman–Crippen LogP) is -2.41. The van der Waals surface area contributed by atoms with E-state index in [1.807, 2.05) is 13.8 Å². The number of carbonyl (C=O) groups excluding carboxylic acids is 11. The molecule has 8 unspecified atom stereocenters. The van der Waals surface area contributed by atoms with Gasteiger partial charge in [0.05, 0.1) is 20.1 Å². The van der Waals surface area contributed by atoms with Crippen molar-refractivity contribution >= 4 is 82.7 Å². The van der Waals surface area contributed by atoms with Gasteiger partial charge in [0.15, 0.2) is 0 Å². The highest BCUT2D eigenvalue weighted by Crippen LogP contribution is 2.22. The quantitative estimate of drug-likeness (QED) is 0.0730. The molecule has 0 aliphatic carbocycles. The van der Waals surface area contributed by atoms with Crippen molar-refractivity contribution in [3.05, 3.63) is 29.8 Å². The van der Waals surface area contributed by atoms with E-state index in [4.69, 9.17) is 31.8 Å². The van der Waals surface area contributed by atoms with Crippen molar-refractivity contribution in [1.82, 2.24) is 42.1 Å². The van der Waals surface area contributed by atoms with Crippen molar-refractivity contribution in [2.45, 2.75) is 141 Å². The number of benzene rings is 1. The van der Waals surface area contributed by atoms with Gasteiger partial charge in [0.1, 0.15) is 48.0 Å². The van der Waals surface area contributed by atoms with E-state index in [9.17, 15) is 52.7 Å². The normalized spacial score (nSPS) is 22.2. The third-order valence-corrected chi connectivity index (χ3v) is 12.7. The first-order valence-corrected chi connectivity index (χ1v) is 25.2. The number of rotatable bonds is 18. The summed E-state index contributed by atoms with van der Waals surface area (Å²) in [5.74, 6) is -9.43. The van der Waals surface area contributed by atoms with Crippen molar-refractivity contribution in [2.24, 2.45) is 29.0 Å². The molecule has 14 N–H and O–H groups in total. The average molecular weight is 1050 g/mol. The first-order valence-electron chi connectivity index (χ1n) is 24.0. The number of thioether (sulfide) groups is 1. The van der Waals surface area contributed by atoms with Crippen molar-refractivity contribution < 1.29 is 67.4 Å². The first kappa shape index (κ1) is 62.1. The Morgan fingerprint density at radius 2 is 1.44 bits per heavy atom. The lowest BCUT2D eigenvalue weighted by Gasteiger charge is -2.31. The summed E-state index contributed by atoms with van der Waals surface area (Å²) in [4.78, 5) is 157. The second-order valence-electron chi connectivity index (χ2n) is 18.2. The third kappa shape index (κ3) is 22.5. The number of nitrogens with zero attached hydrogens (tertiary/aromatic N) is 1. The van der Waals surface area contributed by atoms with E-state index in [2.05, 4.69) is 37.2 Å². The number of ether oxygens (including phenoxy) is 1. The Bertz CT molecular complexity index is 2120. The summed E-state index contributed by atoms with van der Waals surface area (Å²) in [5, 5.41) is 25.6. The van der Waals surface area contributed by atoms with Gasteiger partial charge in [-0.2, -0.15) is 11.8 Å². The van der Waals surface area contributed by atoms with Crippen molar-refractivity contribution in [3.63, 3.8) is 0 Å². The molecule has 2 aliphatic heterocycles. The molecular formula is C47H73N11O14S. The van der Waals surface area contributed by atoms with Gasteiger partial charge >= 0.3 is 0 Å². The molecule has 25 nitrogen and oxygen atoms in total. The van der Waals surface area contributed by atoms with Crippen LogP contribution in [0.4, 0.5) is 0 Å². The van der Waals surface area contributed by atoms with Crippen molar-refractivity contribution in [3.8, 4) is 5.75 Å². The van der Waals surface area contributed by atoms with Crippen LogP contribution in [0.1, 0.15) is 98.0 Å². The van der Waals surface area contributed by atoms with E-state index >= 15 is 0 Å². The van der Waals surface area contributed by atoms with Gasteiger partial charge in [-0.25, -0.2) is 0 Å². The largest absolute Gasteiger partial charge is 0.497 e. The fourth-order valence-corrected chi connectivity index (χ4v) is 8.66. The summed E-state index contributed by atoms with van der Waals surface area (Å²) in [6.45, 7) is 7.83. The van der Waals surface area contributed by atoms with Gasteiger partial charge in [-0.3, -0.25) is 57.5 Å². The number of primary amides is 3. The number of amides is 11. The summed E-state index contributed by atoms with van der Waals surface area (Å²) in [7, 11) is 1.50. The van der Waals surface area contributed by atoms with E-state index in [0.717, 1.165) is 6.92 Å². The van der Waals surface area contributed by atoms with E-state index in [0.29, 0.717) is 24.2 Å². The van der Waals surface area contributed by atoms with Crippen LogP contribution >= 0.6 is 11.8 Å². The summed E-state index contributed by atoms with van der Waals surface area (Å²) in [5.41, 5.74) is 16.8. The SMILES string of the molecule is CC(=O)O.CCC(C)C1NC(=O)C(Cc2ccc(OC)cc2)NC(=O)CCCSCC(C(=O)N2CCCC2C(=O)NC(CC(C)C)C(=O)NCC(N)=O)NC(=O)C(CC(N)=O)NC(=O)C(CCC(N)=O)NC1=O. The van der Waals surface area contributed by atoms with Gasteiger partial charge in [-0.1, -0.05) is 46.2 Å². The highest BCUT2D eigenvalue weighted by Gasteiger charge is 2.40. The third-order valence-electron chi connectivity index (χ3n) is 11.6. The molecule has 2 heterocycles. The lowest BCUT2D eigenvalue weighted by Crippen LogP contribution is -2.61. The van der Waals surface area contributed by atoms with Crippen LogP contribution in [0.5, 0.6) is 5.75 Å². The molecule has 0 bridgehead atoms. The molecule has 1 aromatic rings. The maximum absolute atomic E-state index is 14.5. The van der Waals surface area contributed by atoms with Crippen LogP contribution in [-0.2, 0) is 64.0 Å².